The van der Waals surface area contributed by atoms with E-state index in [4.69, 9.17) is 11.1 Å². The average Bonchev–Trinajstić information content (AvgIpc) is 2.66. The van der Waals surface area contributed by atoms with Gasteiger partial charge in [0.2, 0.25) is 0 Å². The van der Waals surface area contributed by atoms with Crippen LogP contribution in [0.25, 0.3) is 20.9 Å². The van der Waals surface area contributed by atoms with E-state index in [2.05, 4.69) is 20.1 Å². The number of nitrogens with zero attached hydrogens (tertiary/aromatic N) is 6. The number of hydrogen-bond donors (Lipinski definition) is 0. The number of amides is 2. The Kier molecular flexibility index (Phi) is 3.42. The lowest BCUT2D eigenvalue weighted by atomic mass is 10.2. The van der Waals surface area contributed by atoms with Crippen molar-refractivity contribution in [3.63, 3.8) is 0 Å². The number of rotatable bonds is 2. The highest BCUT2D eigenvalue weighted by atomic mass is 32.1. The third kappa shape index (κ3) is 2.32. The zero-order valence-electron chi connectivity index (χ0n) is 7.06. The van der Waals surface area contributed by atoms with E-state index < -0.39 is 11.8 Å². The molecule has 0 unspecified atom stereocenters. The van der Waals surface area contributed by atoms with Gasteiger partial charge >= 0.3 is 0 Å². The number of hydrogen-bond acceptors (Lipinski definition) is 3. The van der Waals surface area contributed by atoms with E-state index in [0.717, 1.165) is 11.3 Å². The van der Waals surface area contributed by atoms with Crippen molar-refractivity contribution in [3.8, 4) is 0 Å². The van der Waals surface area contributed by atoms with Crippen LogP contribution in [0.3, 0.4) is 0 Å². The molecule has 8 nitrogen and oxygen atoms in total. The lowest BCUT2D eigenvalue weighted by molar-refractivity contribution is 0.0971. The van der Waals surface area contributed by atoms with Crippen LogP contribution in [0.1, 0.15) is 20.0 Å². The highest BCUT2D eigenvalue weighted by Gasteiger charge is 2.16. The first-order chi connectivity index (χ1) is 7.20. The Labute approximate surface area is 86.4 Å². The van der Waals surface area contributed by atoms with Crippen LogP contribution in [-0.4, -0.2) is 11.8 Å². The summed E-state index contributed by atoms with van der Waals surface area (Å²) in [4.78, 5) is 26.8. The molecule has 0 fully saturated rings. The monoisotopic (exact) mass is 222 g/mol. The van der Waals surface area contributed by atoms with Gasteiger partial charge in [-0.05, 0) is 32.7 Å². The number of carbonyl (C=O) groups is 2. The molecule has 0 aliphatic carbocycles. The second-order valence-electron chi connectivity index (χ2n) is 2.15. The minimum absolute atomic E-state index is 0.0369. The van der Waals surface area contributed by atoms with Crippen LogP contribution >= 0.6 is 11.3 Å². The Hall–Kier alpha value is -2.34. The normalized spacial score (nSPS) is 8.53. The summed E-state index contributed by atoms with van der Waals surface area (Å²) in [7, 11) is 0. The van der Waals surface area contributed by atoms with E-state index >= 15 is 0 Å². The zero-order valence-corrected chi connectivity index (χ0v) is 7.88. The predicted octanol–water partition coefficient (Wildman–Crippen LogP) is 2.65. The first-order valence-electron chi connectivity index (χ1n) is 3.47. The van der Waals surface area contributed by atoms with Gasteiger partial charge in [-0.2, -0.15) is 0 Å². The van der Waals surface area contributed by atoms with Crippen LogP contribution in [0.2, 0.25) is 0 Å². The minimum Gasteiger partial charge on any atom is -0.287 e. The second kappa shape index (κ2) is 4.77. The van der Waals surface area contributed by atoms with Gasteiger partial charge in [-0.3, -0.25) is 9.59 Å². The molecule has 15 heavy (non-hydrogen) atoms. The van der Waals surface area contributed by atoms with Gasteiger partial charge in [0.1, 0.15) is 0 Å². The molecule has 0 atom stereocenters. The molecule has 0 bridgehead atoms. The molecular weight excluding hydrogens is 220 g/mol. The van der Waals surface area contributed by atoms with Crippen LogP contribution in [0.5, 0.6) is 0 Å². The second-order valence-corrected chi connectivity index (χ2v) is 3.07. The smallest absolute Gasteiger partial charge is 0.259 e. The Morgan fingerprint density at radius 1 is 1.20 bits per heavy atom. The maximum absolute atomic E-state index is 11.1. The average molecular weight is 222 g/mol. The quantitative estimate of drug-likeness (QED) is 0.432. The molecule has 1 rings (SSSR count). The van der Waals surface area contributed by atoms with Crippen molar-refractivity contribution in [2.45, 2.75) is 0 Å². The van der Waals surface area contributed by atoms with Gasteiger partial charge in [0.15, 0.2) is 0 Å². The third-order valence-corrected chi connectivity index (χ3v) is 2.26. The van der Waals surface area contributed by atoms with Crippen molar-refractivity contribution in [1.82, 2.24) is 0 Å². The van der Waals surface area contributed by atoms with Crippen LogP contribution in [0.4, 0.5) is 0 Å². The Balaban J connectivity index is 3.17. The van der Waals surface area contributed by atoms with E-state index in [1.165, 1.54) is 11.4 Å². The topological polar surface area (TPSA) is 132 Å². The molecule has 0 N–H and O–H groups in total. The van der Waals surface area contributed by atoms with Crippen molar-refractivity contribution >= 4 is 23.2 Å². The fourth-order valence-electron chi connectivity index (χ4n) is 0.824. The molecule has 0 aromatic carbocycles. The Morgan fingerprint density at radius 2 is 1.80 bits per heavy atom. The van der Waals surface area contributed by atoms with E-state index in [1.54, 1.807) is 0 Å². The largest absolute Gasteiger partial charge is 0.287 e. The number of thiophene rings is 1. The summed E-state index contributed by atoms with van der Waals surface area (Å²) in [6.45, 7) is 0. The molecule has 1 aromatic heterocycles. The molecule has 0 radical (unpaired) electrons. The maximum atomic E-state index is 11.1. The first-order valence-corrected chi connectivity index (χ1v) is 4.35. The molecule has 74 valence electrons. The SMILES string of the molecule is [N-]=[N+]=NC(=O)c1ccsc1C(=O)N=[N+]=[N-]. The summed E-state index contributed by atoms with van der Waals surface area (Å²) in [5, 5.41) is 7.13. The van der Waals surface area contributed by atoms with Gasteiger partial charge in [0.05, 0.1) is 4.88 Å². The van der Waals surface area contributed by atoms with Crippen molar-refractivity contribution in [1.29, 1.82) is 0 Å². The van der Waals surface area contributed by atoms with Gasteiger partial charge in [-0.1, -0.05) is 0 Å². The third-order valence-electron chi connectivity index (χ3n) is 1.36. The molecule has 1 aromatic rings. The summed E-state index contributed by atoms with van der Waals surface area (Å²) in [5.74, 6) is -1.75. The number of azide groups is 2. The van der Waals surface area contributed by atoms with Crippen LogP contribution < -0.4 is 0 Å². The Bertz CT molecular complexity index is 463. The van der Waals surface area contributed by atoms with Crippen molar-refractivity contribution in [2.75, 3.05) is 0 Å². The molecule has 2 amide bonds. The Morgan fingerprint density at radius 3 is 2.40 bits per heavy atom. The molecule has 1 heterocycles. The maximum Gasteiger partial charge on any atom is 0.259 e. The summed E-state index contributed by atoms with van der Waals surface area (Å²) >= 11 is 0.933. The van der Waals surface area contributed by atoms with Crippen LogP contribution in [0.15, 0.2) is 21.7 Å². The molecule has 0 spiro atoms. The highest BCUT2D eigenvalue weighted by molar-refractivity contribution is 7.12. The molecule has 0 aliphatic heterocycles. The fraction of sp³-hybridized carbons (Fsp3) is 0. The predicted molar refractivity (Wildman–Crippen MR) is 51.3 cm³/mol. The van der Waals surface area contributed by atoms with Crippen LogP contribution in [0, 0.1) is 0 Å². The number of carbonyl (C=O) groups excluding carboxylic acids is 2. The van der Waals surface area contributed by atoms with E-state index in [0.29, 0.717) is 0 Å². The molecular formula is C6H2N6O2S. The van der Waals surface area contributed by atoms with Gasteiger partial charge in [-0.25, -0.2) is 0 Å². The standard InChI is InChI=1S/C6H2N6O2S/c7-11-9-5(13)3-1-2-15-4(3)6(14)10-12-8/h1-2H. The molecule has 0 saturated carbocycles. The minimum atomic E-state index is -0.879. The lowest BCUT2D eigenvalue weighted by Gasteiger charge is -1.92. The van der Waals surface area contributed by atoms with Gasteiger partial charge in [-0.15, -0.1) is 11.3 Å². The van der Waals surface area contributed by atoms with Gasteiger partial charge in [0.25, 0.3) is 11.8 Å². The zero-order chi connectivity index (χ0) is 11.3. The van der Waals surface area contributed by atoms with Gasteiger partial charge < -0.3 is 0 Å². The van der Waals surface area contributed by atoms with Crippen molar-refractivity contribution in [3.05, 3.63) is 42.8 Å². The van der Waals surface area contributed by atoms with Crippen LogP contribution in [-0.2, 0) is 0 Å². The van der Waals surface area contributed by atoms with Gasteiger partial charge in [0, 0.05) is 15.4 Å². The summed E-state index contributed by atoms with van der Waals surface area (Å²) in [6, 6.07) is 1.32. The van der Waals surface area contributed by atoms with E-state index in [9.17, 15) is 9.59 Å². The lowest BCUT2D eigenvalue weighted by Crippen LogP contribution is -2.00. The van der Waals surface area contributed by atoms with Crippen molar-refractivity contribution < 1.29 is 9.59 Å². The molecule has 0 aliphatic rings. The van der Waals surface area contributed by atoms with Crippen molar-refractivity contribution in [2.24, 2.45) is 10.2 Å². The summed E-state index contributed by atoms with van der Waals surface area (Å²) in [6.07, 6.45) is 0. The molecule has 0 saturated heterocycles. The molecule has 9 heteroatoms. The summed E-state index contributed by atoms with van der Waals surface area (Å²) < 4.78 is 0. The van der Waals surface area contributed by atoms with E-state index in [1.807, 2.05) is 0 Å². The fourth-order valence-corrected chi connectivity index (χ4v) is 1.59. The van der Waals surface area contributed by atoms with E-state index in [-0.39, 0.29) is 10.4 Å². The highest BCUT2D eigenvalue weighted by Crippen LogP contribution is 2.19. The summed E-state index contributed by atoms with van der Waals surface area (Å²) in [5.41, 5.74) is 16.0. The first kappa shape index (κ1) is 10.7.